The number of rotatable bonds is 2. The second-order valence-corrected chi connectivity index (χ2v) is 5.91. The Balaban J connectivity index is 2.45. The van der Waals surface area contributed by atoms with E-state index in [4.69, 9.17) is 23.2 Å². The summed E-state index contributed by atoms with van der Waals surface area (Å²) in [6.45, 7) is 1.99. The molecule has 3 rings (SSSR count). The SMILES string of the molecule is Cc1ccccc1-c1c(Cl)cc(Cl)c2ccc(C(=O)O)cc12. The third kappa shape index (κ3) is 2.45. The Hall–Kier alpha value is -2.03. The number of aromatic carboxylic acids is 1. The number of carbonyl (C=O) groups is 1. The molecule has 0 amide bonds. The fourth-order valence-electron chi connectivity index (χ4n) is 2.61. The molecule has 0 bridgehead atoms. The molecule has 0 atom stereocenters. The number of hydrogen-bond donors (Lipinski definition) is 1. The highest BCUT2D eigenvalue weighted by molar-refractivity contribution is 6.41. The van der Waals surface area contributed by atoms with Gasteiger partial charge in [-0.25, -0.2) is 4.79 Å². The Morgan fingerprint density at radius 3 is 2.36 bits per heavy atom. The minimum absolute atomic E-state index is 0.209. The summed E-state index contributed by atoms with van der Waals surface area (Å²) in [6.07, 6.45) is 0. The van der Waals surface area contributed by atoms with E-state index in [9.17, 15) is 9.90 Å². The van der Waals surface area contributed by atoms with Crippen molar-refractivity contribution >= 4 is 39.9 Å². The van der Waals surface area contributed by atoms with Gasteiger partial charge in [0.25, 0.3) is 0 Å². The van der Waals surface area contributed by atoms with Crippen LogP contribution >= 0.6 is 23.2 Å². The maximum atomic E-state index is 11.3. The van der Waals surface area contributed by atoms with Crippen LogP contribution in [-0.2, 0) is 0 Å². The second kappa shape index (κ2) is 5.64. The molecule has 0 heterocycles. The van der Waals surface area contributed by atoms with E-state index in [1.807, 2.05) is 31.2 Å². The van der Waals surface area contributed by atoms with Gasteiger partial charge in [-0.15, -0.1) is 0 Å². The molecule has 110 valence electrons. The topological polar surface area (TPSA) is 37.3 Å². The smallest absolute Gasteiger partial charge is 0.335 e. The minimum Gasteiger partial charge on any atom is -0.478 e. The zero-order valence-electron chi connectivity index (χ0n) is 11.7. The maximum Gasteiger partial charge on any atom is 0.335 e. The van der Waals surface area contributed by atoms with Crippen molar-refractivity contribution in [3.63, 3.8) is 0 Å². The fourth-order valence-corrected chi connectivity index (χ4v) is 3.25. The largest absolute Gasteiger partial charge is 0.478 e. The zero-order valence-corrected chi connectivity index (χ0v) is 13.2. The Morgan fingerprint density at radius 2 is 1.68 bits per heavy atom. The van der Waals surface area contributed by atoms with Crippen molar-refractivity contribution in [1.82, 2.24) is 0 Å². The van der Waals surface area contributed by atoms with E-state index in [2.05, 4.69) is 0 Å². The van der Waals surface area contributed by atoms with Gasteiger partial charge >= 0.3 is 5.97 Å². The van der Waals surface area contributed by atoms with Crippen LogP contribution in [0.25, 0.3) is 21.9 Å². The molecule has 0 aromatic heterocycles. The lowest BCUT2D eigenvalue weighted by Crippen LogP contribution is -1.96. The highest BCUT2D eigenvalue weighted by Crippen LogP contribution is 2.40. The molecule has 0 fully saturated rings. The van der Waals surface area contributed by atoms with Crippen LogP contribution < -0.4 is 0 Å². The van der Waals surface area contributed by atoms with Crippen LogP contribution in [0, 0.1) is 6.92 Å². The fraction of sp³-hybridized carbons (Fsp3) is 0.0556. The first-order valence-corrected chi connectivity index (χ1v) is 7.45. The van der Waals surface area contributed by atoms with Crippen LogP contribution in [0.2, 0.25) is 10.0 Å². The summed E-state index contributed by atoms with van der Waals surface area (Å²) in [5.41, 5.74) is 3.05. The number of carboxylic acid groups (broad SMARTS) is 1. The summed E-state index contributed by atoms with van der Waals surface area (Å²) < 4.78 is 0. The molecule has 0 saturated heterocycles. The zero-order chi connectivity index (χ0) is 15.9. The summed E-state index contributed by atoms with van der Waals surface area (Å²) >= 11 is 12.7. The molecule has 0 aliphatic carbocycles. The average Bonchev–Trinajstić information content (AvgIpc) is 2.48. The predicted octanol–water partition coefficient (Wildman–Crippen LogP) is 5.82. The molecule has 2 nitrogen and oxygen atoms in total. The molecule has 0 unspecified atom stereocenters. The summed E-state index contributed by atoms with van der Waals surface area (Å²) in [5, 5.41) is 11.8. The first kappa shape index (κ1) is 14.9. The number of fused-ring (bicyclic) bond motifs is 1. The van der Waals surface area contributed by atoms with Crippen molar-refractivity contribution < 1.29 is 9.90 Å². The minimum atomic E-state index is -0.978. The monoisotopic (exact) mass is 330 g/mol. The number of benzene rings is 3. The number of hydrogen-bond acceptors (Lipinski definition) is 1. The van der Waals surface area contributed by atoms with Gasteiger partial charge in [-0.2, -0.15) is 0 Å². The molecule has 4 heteroatoms. The normalized spacial score (nSPS) is 10.9. The summed E-state index contributed by atoms with van der Waals surface area (Å²) in [7, 11) is 0. The van der Waals surface area contributed by atoms with Crippen molar-refractivity contribution in [3.05, 3.63) is 69.7 Å². The second-order valence-electron chi connectivity index (χ2n) is 5.10. The van der Waals surface area contributed by atoms with Crippen LogP contribution in [0.5, 0.6) is 0 Å². The molecule has 3 aromatic rings. The summed E-state index contributed by atoms with van der Waals surface area (Å²) in [6, 6.07) is 14.4. The van der Waals surface area contributed by atoms with Gasteiger partial charge in [-0.3, -0.25) is 0 Å². The van der Waals surface area contributed by atoms with Gasteiger partial charge < -0.3 is 5.11 Å². The van der Waals surface area contributed by atoms with Crippen LogP contribution in [0.1, 0.15) is 15.9 Å². The van der Waals surface area contributed by atoms with Gasteiger partial charge in [-0.05, 0) is 41.6 Å². The van der Waals surface area contributed by atoms with Gasteiger partial charge in [0.1, 0.15) is 0 Å². The third-order valence-corrected chi connectivity index (χ3v) is 4.31. The van der Waals surface area contributed by atoms with E-state index in [1.165, 1.54) is 0 Å². The van der Waals surface area contributed by atoms with E-state index in [0.717, 1.165) is 27.5 Å². The third-order valence-electron chi connectivity index (χ3n) is 3.70. The number of halogens is 2. The van der Waals surface area contributed by atoms with Gasteiger partial charge in [0.15, 0.2) is 0 Å². The molecule has 0 aliphatic rings. The molecular formula is C18H12Cl2O2. The highest BCUT2D eigenvalue weighted by atomic mass is 35.5. The molecule has 0 aliphatic heterocycles. The number of carboxylic acids is 1. The van der Waals surface area contributed by atoms with E-state index < -0.39 is 5.97 Å². The molecule has 0 spiro atoms. The lowest BCUT2D eigenvalue weighted by molar-refractivity contribution is 0.0697. The van der Waals surface area contributed by atoms with E-state index in [-0.39, 0.29) is 5.56 Å². The van der Waals surface area contributed by atoms with Crippen LogP contribution in [0.4, 0.5) is 0 Å². The quantitative estimate of drug-likeness (QED) is 0.642. The van der Waals surface area contributed by atoms with Crippen molar-refractivity contribution in [3.8, 4) is 11.1 Å². The Bertz CT molecular complexity index is 901. The highest BCUT2D eigenvalue weighted by Gasteiger charge is 2.15. The standard InChI is InChI=1S/C18H12Cl2O2/c1-10-4-2-3-5-12(10)17-14-8-11(18(21)22)6-7-13(14)15(19)9-16(17)20/h2-9H,1H3,(H,21,22). The van der Waals surface area contributed by atoms with Crippen molar-refractivity contribution in [2.24, 2.45) is 0 Å². The van der Waals surface area contributed by atoms with E-state index in [1.54, 1.807) is 24.3 Å². The average molecular weight is 331 g/mol. The lowest BCUT2D eigenvalue weighted by atomic mass is 9.94. The first-order chi connectivity index (χ1) is 10.5. The van der Waals surface area contributed by atoms with Gasteiger partial charge in [0.05, 0.1) is 10.6 Å². The summed E-state index contributed by atoms with van der Waals surface area (Å²) in [5.74, 6) is -0.978. The van der Waals surface area contributed by atoms with Gasteiger partial charge in [0, 0.05) is 16.0 Å². The van der Waals surface area contributed by atoms with Gasteiger partial charge in [0.2, 0.25) is 0 Å². The molecule has 0 radical (unpaired) electrons. The van der Waals surface area contributed by atoms with Crippen molar-refractivity contribution in [2.45, 2.75) is 6.92 Å². The predicted molar refractivity (Wildman–Crippen MR) is 91.1 cm³/mol. The Kier molecular flexibility index (Phi) is 3.81. The van der Waals surface area contributed by atoms with Crippen molar-refractivity contribution in [2.75, 3.05) is 0 Å². The van der Waals surface area contributed by atoms with E-state index in [0.29, 0.717) is 10.0 Å². The number of aryl methyl sites for hydroxylation is 1. The Labute approximate surface area is 137 Å². The first-order valence-electron chi connectivity index (χ1n) is 6.70. The molecule has 3 aromatic carbocycles. The van der Waals surface area contributed by atoms with Crippen LogP contribution in [0.15, 0.2) is 48.5 Å². The maximum absolute atomic E-state index is 11.3. The van der Waals surface area contributed by atoms with Crippen LogP contribution in [0.3, 0.4) is 0 Å². The van der Waals surface area contributed by atoms with Crippen molar-refractivity contribution in [1.29, 1.82) is 0 Å². The summed E-state index contributed by atoms with van der Waals surface area (Å²) in [4.78, 5) is 11.3. The van der Waals surface area contributed by atoms with E-state index >= 15 is 0 Å². The molecule has 1 N–H and O–H groups in total. The lowest BCUT2D eigenvalue weighted by Gasteiger charge is -2.14. The van der Waals surface area contributed by atoms with Crippen LogP contribution in [-0.4, -0.2) is 11.1 Å². The molecule has 22 heavy (non-hydrogen) atoms. The molecule has 0 saturated carbocycles. The molecular weight excluding hydrogens is 319 g/mol. The van der Waals surface area contributed by atoms with Gasteiger partial charge in [-0.1, -0.05) is 53.5 Å². The Morgan fingerprint density at radius 1 is 0.955 bits per heavy atom.